The Balaban J connectivity index is 2.11. The number of halogens is 5. The number of aryl methyl sites for hydroxylation is 1. The van der Waals surface area contributed by atoms with Gasteiger partial charge in [0.25, 0.3) is 0 Å². The Morgan fingerprint density at radius 1 is 1.28 bits per heavy atom. The molecule has 25 heavy (non-hydrogen) atoms. The molecule has 0 radical (unpaired) electrons. The number of hydrogen-bond acceptors (Lipinski definition) is 3. The number of rotatable bonds is 4. The zero-order valence-electron chi connectivity index (χ0n) is 13.2. The maximum Gasteiger partial charge on any atom is 0.422 e. The number of benzene rings is 1. The summed E-state index contributed by atoms with van der Waals surface area (Å²) in [6.45, 7) is 3.93. The summed E-state index contributed by atoms with van der Waals surface area (Å²) in [6.07, 6.45) is -3.87. The molecule has 0 aliphatic carbocycles. The minimum Gasteiger partial charge on any atom is -0.328 e. The summed E-state index contributed by atoms with van der Waals surface area (Å²) >= 11 is 0. The van der Waals surface area contributed by atoms with Gasteiger partial charge in [0.05, 0.1) is 6.04 Å². The van der Waals surface area contributed by atoms with Gasteiger partial charge in [-0.2, -0.15) is 18.3 Å². The molecule has 0 aliphatic heterocycles. The van der Waals surface area contributed by atoms with Crippen molar-refractivity contribution in [3.05, 3.63) is 41.5 Å². The predicted molar refractivity (Wildman–Crippen MR) is 77.6 cm³/mol. The monoisotopic (exact) mass is 363 g/mol. The summed E-state index contributed by atoms with van der Waals surface area (Å²) < 4.78 is 66.0. The minimum atomic E-state index is -5.17. The highest BCUT2D eigenvalue weighted by molar-refractivity contribution is 5.89. The van der Waals surface area contributed by atoms with Crippen LogP contribution in [-0.2, 0) is 12.7 Å². The van der Waals surface area contributed by atoms with Crippen LogP contribution in [0.3, 0.4) is 0 Å². The molecule has 2 N–H and O–H groups in total. The van der Waals surface area contributed by atoms with E-state index >= 15 is 0 Å². The molecule has 2 aromatic rings. The van der Waals surface area contributed by atoms with E-state index in [-0.39, 0.29) is 0 Å². The number of nitrogens with zero attached hydrogens (tertiary/aromatic N) is 3. The fourth-order valence-corrected chi connectivity index (χ4v) is 2.20. The van der Waals surface area contributed by atoms with E-state index in [4.69, 9.17) is 0 Å². The van der Waals surface area contributed by atoms with Crippen molar-refractivity contribution in [3.8, 4) is 0 Å². The summed E-state index contributed by atoms with van der Waals surface area (Å²) in [7, 11) is 0. The summed E-state index contributed by atoms with van der Waals surface area (Å²) in [4.78, 5) is 15.9. The van der Waals surface area contributed by atoms with E-state index in [1.807, 2.05) is 6.92 Å². The fourth-order valence-electron chi connectivity index (χ4n) is 2.20. The van der Waals surface area contributed by atoms with Crippen LogP contribution in [-0.4, -0.2) is 20.8 Å². The van der Waals surface area contributed by atoms with Gasteiger partial charge in [-0.05, 0) is 26.0 Å². The molecule has 1 aromatic heterocycles. The third-order valence-corrected chi connectivity index (χ3v) is 3.26. The van der Waals surface area contributed by atoms with Crippen LogP contribution in [0.15, 0.2) is 18.5 Å². The second-order valence-electron chi connectivity index (χ2n) is 5.07. The first-order valence-corrected chi connectivity index (χ1v) is 7.15. The first-order valence-electron chi connectivity index (χ1n) is 7.15. The molecule has 136 valence electrons. The van der Waals surface area contributed by atoms with E-state index < -0.39 is 41.1 Å². The quantitative estimate of drug-likeness (QED) is 0.817. The number of urea groups is 1. The van der Waals surface area contributed by atoms with Crippen LogP contribution in [0.5, 0.6) is 0 Å². The predicted octanol–water partition coefficient (Wildman–Crippen LogP) is 3.48. The molecule has 0 bridgehead atoms. The van der Waals surface area contributed by atoms with Crippen molar-refractivity contribution < 1.29 is 26.7 Å². The van der Waals surface area contributed by atoms with Crippen LogP contribution in [0.1, 0.15) is 31.3 Å². The molecular formula is C14H14F5N5O. The lowest BCUT2D eigenvalue weighted by molar-refractivity contribution is -0.142. The van der Waals surface area contributed by atoms with Crippen LogP contribution in [0, 0.1) is 11.6 Å². The largest absolute Gasteiger partial charge is 0.422 e. The van der Waals surface area contributed by atoms with Crippen molar-refractivity contribution >= 4 is 11.7 Å². The molecule has 1 atom stereocenters. The Hall–Kier alpha value is -2.72. The summed E-state index contributed by atoms with van der Waals surface area (Å²) in [6, 6.07) is -0.668. The molecule has 0 saturated heterocycles. The van der Waals surface area contributed by atoms with Crippen LogP contribution in [0.4, 0.5) is 32.4 Å². The van der Waals surface area contributed by atoms with Gasteiger partial charge in [0.15, 0.2) is 0 Å². The molecule has 2 rings (SSSR count). The number of amides is 2. The highest BCUT2D eigenvalue weighted by atomic mass is 19.4. The maximum absolute atomic E-state index is 13.5. The van der Waals surface area contributed by atoms with Gasteiger partial charge in [-0.15, -0.1) is 0 Å². The van der Waals surface area contributed by atoms with Crippen LogP contribution in [0.2, 0.25) is 0 Å². The zero-order chi connectivity index (χ0) is 18.8. The topological polar surface area (TPSA) is 71.8 Å². The second kappa shape index (κ2) is 7.03. The van der Waals surface area contributed by atoms with E-state index in [0.717, 1.165) is 0 Å². The number of anilines is 1. The van der Waals surface area contributed by atoms with E-state index in [1.54, 1.807) is 6.92 Å². The average molecular weight is 363 g/mol. The third kappa shape index (κ3) is 4.22. The highest BCUT2D eigenvalue weighted by Crippen LogP contribution is 2.34. The van der Waals surface area contributed by atoms with Gasteiger partial charge in [0.2, 0.25) is 0 Å². The van der Waals surface area contributed by atoms with Crippen molar-refractivity contribution in [2.75, 3.05) is 5.32 Å². The number of hydrogen-bond donors (Lipinski definition) is 2. The first kappa shape index (κ1) is 18.6. The van der Waals surface area contributed by atoms with Gasteiger partial charge < -0.3 is 10.6 Å². The van der Waals surface area contributed by atoms with Crippen LogP contribution in [0.25, 0.3) is 0 Å². The Morgan fingerprint density at radius 2 is 1.88 bits per heavy atom. The van der Waals surface area contributed by atoms with Gasteiger partial charge >= 0.3 is 12.2 Å². The average Bonchev–Trinajstić information content (AvgIpc) is 2.92. The van der Waals surface area contributed by atoms with Crippen molar-refractivity contribution in [2.24, 2.45) is 0 Å². The molecule has 0 saturated carbocycles. The molecule has 6 nitrogen and oxygen atoms in total. The highest BCUT2D eigenvalue weighted by Gasteiger charge is 2.38. The molecular weight excluding hydrogens is 349 g/mol. The molecule has 1 heterocycles. The molecule has 0 unspecified atom stereocenters. The van der Waals surface area contributed by atoms with Gasteiger partial charge in [-0.25, -0.2) is 23.2 Å². The van der Waals surface area contributed by atoms with E-state index in [1.165, 1.54) is 11.0 Å². The summed E-state index contributed by atoms with van der Waals surface area (Å²) in [5.74, 6) is -3.19. The van der Waals surface area contributed by atoms with E-state index in [0.29, 0.717) is 24.5 Å². The number of carbonyl (C=O) groups is 1. The summed E-state index contributed by atoms with van der Waals surface area (Å²) in [5, 5.41) is 8.46. The zero-order valence-corrected chi connectivity index (χ0v) is 13.2. The minimum absolute atomic E-state index is 0.394. The Kier molecular flexibility index (Phi) is 5.24. The number of nitrogens with one attached hydrogen (secondary N) is 2. The first-order chi connectivity index (χ1) is 11.6. The second-order valence-corrected chi connectivity index (χ2v) is 5.07. The van der Waals surface area contributed by atoms with E-state index in [9.17, 15) is 26.7 Å². The Morgan fingerprint density at radius 3 is 2.40 bits per heavy atom. The molecule has 0 aliphatic rings. The van der Waals surface area contributed by atoms with E-state index in [2.05, 4.69) is 20.7 Å². The molecule has 11 heteroatoms. The number of aromatic nitrogens is 3. The summed E-state index contributed by atoms with van der Waals surface area (Å²) in [5.41, 5.74) is -2.47. The number of alkyl halides is 3. The lowest BCUT2D eigenvalue weighted by Gasteiger charge is -2.15. The third-order valence-electron chi connectivity index (χ3n) is 3.26. The van der Waals surface area contributed by atoms with Crippen molar-refractivity contribution in [2.45, 2.75) is 32.6 Å². The standard InChI is InChI=1S/C14H14F5N5O/c1-3-24-12(20-6-21-24)7(2)22-13(25)23-8-4-9(15)11(10(16)5-8)14(17,18)19/h4-7H,3H2,1-2H3,(H2,22,23,25)/t7-/m1/s1. The number of carbonyl (C=O) groups excluding carboxylic acids is 1. The van der Waals surface area contributed by atoms with Crippen molar-refractivity contribution in [3.63, 3.8) is 0 Å². The van der Waals surface area contributed by atoms with Gasteiger partial charge in [-0.1, -0.05) is 0 Å². The smallest absolute Gasteiger partial charge is 0.328 e. The molecule has 0 fully saturated rings. The fraction of sp³-hybridized carbons (Fsp3) is 0.357. The molecule has 0 spiro atoms. The lowest BCUT2D eigenvalue weighted by Crippen LogP contribution is -2.32. The SMILES string of the molecule is CCn1ncnc1[C@@H](C)NC(=O)Nc1cc(F)c(C(F)(F)F)c(F)c1. The Labute approximate surface area is 139 Å². The van der Waals surface area contributed by atoms with Gasteiger partial charge in [-0.3, -0.25) is 0 Å². The van der Waals surface area contributed by atoms with Crippen molar-refractivity contribution in [1.29, 1.82) is 0 Å². The van der Waals surface area contributed by atoms with Gasteiger partial charge in [0.1, 0.15) is 29.3 Å². The van der Waals surface area contributed by atoms with Crippen LogP contribution >= 0.6 is 0 Å². The Bertz CT molecular complexity index is 750. The van der Waals surface area contributed by atoms with Crippen LogP contribution < -0.4 is 10.6 Å². The van der Waals surface area contributed by atoms with Crippen molar-refractivity contribution in [1.82, 2.24) is 20.1 Å². The molecule has 2 amide bonds. The lowest BCUT2D eigenvalue weighted by atomic mass is 10.1. The maximum atomic E-state index is 13.5. The van der Waals surface area contributed by atoms with Gasteiger partial charge in [0, 0.05) is 12.2 Å². The normalized spacial score (nSPS) is 12.8. The molecule has 1 aromatic carbocycles.